The Labute approximate surface area is 148 Å². The summed E-state index contributed by atoms with van der Waals surface area (Å²) < 4.78 is 5.14. The average molecular weight is 335 g/mol. The average Bonchev–Trinajstić information content (AvgIpc) is 2.65. The predicted molar refractivity (Wildman–Crippen MR) is 98.7 cm³/mol. The number of ether oxygens (including phenoxy) is 1. The van der Waals surface area contributed by atoms with Crippen LogP contribution >= 0.6 is 0 Å². The number of benzene rings is 1. The third-order valence-corrected chi connectivity index (χ3v) is 3.36. The van der Waals surface area contributed by atoms with Gasteiger partial charge in [0.1, 0.15) is 5.75 Å². The fourth-order valence-electron chi connectivity index (χ4n) is 2.01. The van der Waals surface area contributed by atoms with Gasteiger partial charge in [0, 0.05) is 24.4 Å². The van der Waals surface area contributed by atoms with Crippen LogP contribution in [-0.2, 0) is 0 Å². The summed E-state index contributed by atoms with van der Waals surface area (Å²) in [4.78, 5) is 16.2. The zero-order valence-electron chi connectivity index (χ0n) is 14.5. The normalized spacial score (nSPS) is 10.2. The predicted octanol–water partition coefficient (Wildman–Crippen LogP) is 3.40. The maximum atomic E-state index is 12.1. The fourth-order valence-corrected chi connectivity index (χ4v) is 2.01. The van der Waals surface area contributed by atoms with Gasteiger partial charge in [0.2, 0.25) is 0 Å². The molecule has 1 N–H and O–H groups in total. The Bertz CT molecular complexity index is 804. The van der Waals surface area contributed by atoms with Crippen molar-refractivity contribution in [3.8, 4) is 17.6 Å². The number of carbonyl (C=O) groups excluding carboxylic acids is 1. The van der Waals surface area contributed by atoms with Crippen LogP contribution in [0.5, 0.6) is 5.75 Å². The molecule has 0 radical (unpaired) electrons. The highest BCUT2D eigenvalue weighted by molar-refractivity contribution is 5.94. The zero-order chi connectivity index (χ0) is 17.9. The highest BCUT2D eigenvalue weighted by atomic mass is 16.5. The summed E-state index contributed by atoms with van der Waals surface area (Å²) in [7, 11) is 1.60. The standard InChI is InChI=1S/C20H21N3O2/c1-3-4-5-6-8-16-11-18(15-21-13-16)20(24)23-22-14-17-9-7-10-19(12-17)25-2/h7,9-15H,3-5H2,1-2H3,(H,23,24)/b22-14+. The van der Waals surface area contributed by atoms with Gasteiger partial charge < -0.3 is 4.74 Å². The molecule has 128 valence electrons. The number of nitrogens with zero attached hydrogens (tertiary/aromatic N) is 2. The highest BCUT2D eigenvalue weighted by Gasteiger charge is 2.05. The molecule has 1 heterocycles. The molecule has 0 saturated heterocycles. The molecule has 0 atom stereocenters. The lowest BCUT2D eigenvalue weighted by atomic mass is 10.2. The largest absolute Gasteiger partial charge is 0.497 e. The summed E-state index contributed by atoms with van der Waals surface area (Å²) in [5.41, 5.74) is 4.46. The maximum absolute atomic E-state index is 12.1. The van der Waals surface area contributed by atoms with Crippen LogP contribution in [0.2, 0.25) is 0 Å². The van der Waals surface area contributed by atoms with Crippen LogP contribution < -0.4 is 10.2 Å². The van der Waals surface area contributed by atoms with E-state index in [2.05, 4.69) is 34.3 Å². The van der Waals surface area contributed by atoms with Crippen LogP contribution in [0.3, 0.4) is 0 Å². The minimum Gasteiger partial charge on any atom is -0.497 e. The van der Waals surface area contributed by atoms with Crippen molar-refractivity contribution in [1.29, 1.82) is 0 Å². The quantitative estimate of drug-likeness (QED) is 0.381. The first-order valence-corrected chi connectivity index (χ1v) is 8.14. The van der Waals surface area contributed by atoms with Crippen molar-refractivity contribution in [1.82, 2.24) is 10.4 Å². The lowest BCUT2D eigenvalue weighted by Crippen LogP contribution is -2.17. The van der Waals surface area contributed by atoms with Gasteiger partial charge in [0.15, 0.2) is 0 Å². The smallest absolute Gasteiger partial charge is 0.272 e. The van der Waals surface area contributed by atoms with Crippen LogP contribution in [0.1, 0.15) is 47.7 Å². The molecular weight excluding hydrogens is 314 g/mol. The number of amides is 1. The Morgan fingerprint density at radius 2 is 2.24 bits per heavy atom. The third-order valence-electron chi connectivity index (χ3n) is 3.36. The second-order valence-corrected chi connectivity index (χ2v) is 5.34. The molecule has 0 saturated carbocycles. The van der Waals surface area contributed by atoms with Gasteiger partial charge in [-0.1, -0.05) is 37.3 Å². The van der Waals surface area contributed by atoms with Crippen molar-refractivity contribution in [2.24, 2.45) is 5.10 Å². The number of unbranched alkanes of at least 4 members (excludes halogenated alkanes) is 2. The second-order valence-electron chi connectivity index (χ2n) is 5.34. The first kappa shape index (κ1) is 18.2. The van der Waals surface area contributed by atoms with Gasteiger partial charge in [-0.05, 0) is 30.2 Å². The van der Waals surface area contributed by atoms with E-state index in [0.29, 0.717) is 5.56 Å². The lowest BCUT2D eigenvalue weighted by Gasteiger charge is -2.01. The summed E-state index contributed by atoms with van der Waals surface area (Å²) in [5, 5.41) is 3.97. The molecule has 25 heavy (non-hydrogen) atoms. The van der Waals surface area contributed by atoms with E-state index in [0.717, 1.165) is 36.1 Å². The van der Waals surface area contributed by atoms with E-state index in [4.69, 9.17) is 4.74 Å². The monoisotopic (exact) mass is 335 g/mol. The van der Waals surface area contributed by atoms with Crippen LogP contribution in [0.15, 0.2) is 47.8 Å². The van der Waals surface area contributed by atoms with Crippen molar-refractivity contribution < 1.29 is 9.53 Å². The number of pyridine rings is 1. The molecule has 1 amide bonds. The number of hydrogen-bond acceptors (Lipinski definition) is 4. The summed E-state index contributed by atoms with van der Waals surface area (Å²) in [6.45, 7) is 2.13. The molecule has 0 spiro atoms. The van der Waals surface area contributed by atoms with E-state index in [1.807, 2.05) is 24.3 Å². The molecule has 0 aliphatic carbocycles. The van der Waals surface area contributed by atoms with E-state index in [1.54, 1.807) is 25.6 Å². The number of rotatable bonds is 6. The molecule has 0 bridgehead atoms. The van der Waals surface area contributed by atoms with Gasteiger partial charge in [-0.2, -0.15) is 5.10 Å². The Morgan fingerprint density at radius 3 is 3.04 bits per heavy atom. The van der Waals surface area contributed by atoms with Crippen molar-refractivity contribution in [3.05, 3.63) is 59.4 Å². The Morgan fingerprint density at radius 1 is 1.36 bits per heavy atom. The SMILES string of the molecule is CCCCC#Cc1cncc(C(=O)N/N=C/c2cccc(OC)c2)c1. The van der Waals surface area contributed by atoms with Gasteiger partial charge in [-0.3, -0.25) is 9.78 Å². The summed E-state index contributed by atoms with van der Waals surface area (Å²) >= 11 is 0. The summed E-state index contributed by atoms with van der Waals surface area (Å²) in [5.74, 6) is 6.51. The van der Waals surface area contributed by atoms with Crippen LogP contribution in [-0.4, -0.2) is 24.2 Å². The first-order valence-electron chi connectivity index (χ1n) is 8.14. The van der Waals surface area contributed by atoms with Crippen LogP contribution in [0, 0.1) is 11.8 Å². The van der Waals surface area contributed by atoms with E-state index in [1.165, 1.54) is 6.20 Å². The molecular formula is C20H21N3O2. The van der Waals surface area contributed by atoms with E-state index in [9.17, 15) is 4.79 Å². The van der Waals surface area contributed by atoms with E-state index >= 15 is 0 Å². The molecule has 0 fully saturated rings. The van der Waals surface area contributed by atoms with Crippen LogP contribution in [0.25, 0.3) is 0 Å². The minimum atomic E-state index is -0.330. The van der Waals surface area contributed by atoms with Gasteiger partial charge >= 0.3 is 0 Å². The molecule has 2 aromatic rings. The van der Waals surface area contributed by atoms with Gasteiger partial charge in [-0.15, -0.1) is 0 Å². The van der Waals surface area contributed by atoms with E-state index in [-0.39, 0.29) is 5.91 Å². The molecule has 0 aliphatic rings. The van der Waals surface area contributed by atoms with Gasteiger partial charge in [0.25, 0.3) is 5.91 Å². The fraction of sp³-hybridized carbons (Fsp3) is 0.250. The second kappa shape index (κ2) is 9.89. The van der Waals surface area contributed by atoms with Crippen molar-refractivity contribution in [2.45, 2.75) is 26.2 Å². The highest BCUT2D eigenvalue weighted by Crippen LogP contribution is 2.10. The number of hydrogen-bond donors (Lipinski definition) is 1. The number of aromatic nitrogens is 1. The number of carbonyl (C=O) groups is 1. The first-order chi connectivity index (χ1) is 12.2. The molecule has 0 unspecified atom stereocenters. The number of hydrazone groups is 1. The Balaban J connectivity index is 1.98. The minimum absolute atomic E-state index is 0.330. The number of methoxy groups -OCH3 is 1. The van der Waals surface area contributed by atoms with Crippen LogP contribution in [0.4, 0.5) is 0 Å². The van der Waals surface area contributed by atoms with Crippen molar-refractivity contribution in [2.75, 3.05) is 7.11 Å². The molecule has 1 aromatic carbocycles. The van der Waals surface area contributed by atoms with Crippen molar-refractivity contribution >= 4 is 12.1 Å². The lowest BCUT2D eigenvalue weighted by molar-refractivity contribution is 0.0954. The molecule has 0 aliphatic heterocycles. The Kier molecular flexibility index (Phi) is 7.20. The molecule has 1 aromatic heterocycles. The molecule has 5 nitrogen and oxygen atoms in total. The summed E-state index contributed by atoms with van der Waals surface area (Å²) in [6.07, 6.45) is 7.73. The number of nitrogens with one attached hydrogen (secondary N) is 1. The molecule has 2 rings (SSSR count). The molecule has 5 heteroatoms. The van der Waals surface area contributed by atoms with E-state index < -0.39 is 0 Å². The Hall–Kier alpha value is -3.13. The zero-order valence-corrected chi connectivity index (χ0v) is 14.5. The summed E-state index contributed by atoms with van der Waals surface area (Å²) in [6, 6.07) is 9.10. The van der Waals surface area contributed by atoms with Crippen molar-refractivity contribution in [3.63, 3.8) is 0 Å². The topological polar surface area (TPSA) is 63.6 Å². The third kappa shape index (κ3) is 6.11. The van der Waals surface area contributed by atoms with Gasteiger partial charge in [0.05, 0.1) is 18.9 Å². The van der Waals surface area contributed by atoms with Gasteiger partial charge in [-0.25, -0.2) is 5.43 Å². The maximum Gasteiger partial charge on any atom is 0.272 e.